The van der Waals surface area contributed by atoms with Crippen LogP contribution >= 0.6 is 0 Å². The molecule has 0 saturated heterocycles. The summed E-state index contributed by atoms with van der Waals surface area (Å²) in [6.07, 6.45) is 10.9. The van der Waals surface area contributed by atoms with E-state index in [2.05, 4.69) is 60.4 Å². The number of nitrogens with zero attached hydrogens (tertiary/aromatic N) is 2. The predicted molar refractivity (Wildman–Crippen MR) is 101 cm³/mol. The van der Waals surface area contributed by atoms with Gasteiger partial charge >= 0.3 is 0 Å². The lowest BCUT2D eigenvalue weighted by molar-refractivity contribution is 0.299. The number of rotatable bonds is 5. The smallest absolute Gasteiger partial charge is 0.135 e. The van der Waals surface area contributed by atoms with Crippen molar-refractivity contribution in [1.82, 2.24) is 10.2 Å². The van der Waals surface area contributed by atoms with Gasteiger partial charge in [-0.25, -0.2) is 0 Å². The lowest BCUT2D eigenvalue weighted by atomic mass is 9.78. The highest BCUT2D eigenvalue weighted by Crippen LogP contribution is 2.36. The van der Waals surface area contributed by atoms with Crippen molar-refractivity contribution in [3.63, 3.8) is 0 Å². The fourth-order valence-corrected chi connectivity index (χ4v) is 3.81. The Morgan fingerprint density at radius 1 is 1.04 bits per heavy atom. The summed E-state index contributed by atoms with van der Waals surface area (Å²) < 4.78 is 0. The third-order valence-electron chi connectivity index (χ3n) is 4.73. The average molecular weight is 329 g/mol. The molecule has 0 amide bonds. The number of hydrogen-bond donors (Lipinski definition) is 0. The second-order valence-corrected chi connectivity index (χ2v) is 12.8. The quantitative estimate of drug-likeness (QED) is 0.402. The maximum atomic E-state index is 4.47. The largest absolute Gasteiger partial charge is 0.154 e. The summed E-state index contributed by atoms with van der Waals surface area (Å²) in [5.41, 5.74) is 5.35. The van der Waals surface area contributed by atoms with Crippen LogP contribution in [0.5, 0.6) is 0 Å². The summed E-state index contributed by atoms with van der Waals surface area (Å²) in [5, 5.41) is 8.80. The van der Waals surface area contributed by atoms with E-state index < -0.39 is 8.07 Å². The molecule has 0 bridgehead atoms. The van der Waals surface area contributed by atoms with Crippen molar-refractivity contribution < 1.29 is 0 Å². The van der Waals surface area contributed by atoms with Crippen molar-refractivity contribution in [3.8, 4) is 11.5 Å². The molecule has 126 valence electrons. The number of unbranched alkanes of at least 4 members (excludes halogenated alkanes) is 2. The first-order valence-electron chi connectivity index (χ1n) is 9.34. The van der Waals surface area contributed by atoms with Crippen LogP contribution in [0.15, 0.2) is 12.1 Å². The van der Waals surface area contributed by atoms with Crippen molar-refractivity contribution >= 4 is 8.07 Å². The third kappa shape index (κ3) is 6.47. The number of hydrogen-bond acceptors (Lipinski definition) is 2. The van der Waals surface area contributed by atoms with E-state index in [-0.39, 0.29) is 0 Å². The lowest BCUT2D eigenvalue weighted by Gasteiger charge is -2.27. The molecule has 23 heavy (non-hydrogen) atoms. The van der Waals surface area contributed by atoms with Gasteiger partial charge in [0.05, 0.1) is 5.69 Å². The first-order chi connectivity index (χ1) is 11.0. The topological polar surface area (TPSA) is 25.8 Å². The van der Waals surface area contributed by atoms with Crippen LogP contribution in [0.4, 0.5) is 0 Å². The molecular weight excluding hydrogens is 296 g/mol. The minimum Gasteiger partial charge on any atom is -0.154 e. The van der Waals surface area contributed by atoms with Crippen LogP contribution in [0.1, 0.15) is 75.6 Å². The Kier molecular flexibility index (Phi) is 6.83. The Labute approximate surface area is 143 Å². The van der Waals surface area contributed by atoms with Crippen LogP contribution in [0.2, 0.25) is 19.6 Å². The zero-order valence-electron chi connectivity index (χ0n) is 15.4. The van der Waals surface area contributed by atoms with Crippen LogP contribution in [-0.4, -0.2) is 18.3 Å². The SMILES string of the molecule is CCCCCC1CCC(c2ccc(C#C[Si](C)(C)C)nn2)CC1. The van der Waals surface area contributed by atoms with Crippen molar-refractivity contribution in [2.24, 2.45) is 5.92 Å². The van der Waals surface area contributed by atoms with Gasteiger partial charge in [-0.1, -0.05) is 58.2 Å². The summed E-state index contributed by atoms with van der Waals surface area (Å²) >= 11 is 0. The van der Waals surface area contributed by atoms with Crippen LogP contribution in [0.25, 0.3) is 0 Å². The summed E-state index contributed by atoms with van der Waals surface area (Å²) in [4.78, 5) is 0. The maximum absolute atomic E-state index is 4.47. The second-order valence-electron chi connectivity index (χ2n) is 8.06. The van der Waals surface area contributed by atoms with Gasteiger partial charge in [-0.2, -0.15) is 5.10 Å². The molecule has 0 radical (unpaired) electrons. The van der Waals surface area contributed by atoms with E-state index >= 15 is 0 Å². The Balaban J connectivity index is 1.85. The highest BCUT2D eigenvalue weighted by Gasteiger charge is 2.23. The van der Waals surface area contributed by atoms with Gasteiger partial charge in [-0.3, -0.25) is 0 Å². The fraction of sp³-hybridized carbons (Fsp3) is 0.700. The third-order valence-corrected chi connectivity index (χ3v) is 5.61. The molecule has 3 heteroatoms. The average Bonchev–Trinajstić information content (AvgIpc) is 2.54. The van der Waals surface area contributed by atoms with Gasteiger partial charge in [0.2, 0.25) is 0 Å². The molecule has 0 aromatic carbocycles. The summed E-state index contributed by atoms with van der Waals surface area (Å²) in [5.74, 6) is 4.75. The monoisotopic (exact) mass is 328 g/mol. The molecule has 0 N–H and O–H groups in total. The summed E-state index contributed by atoms with van der Waals surface area (Å²) in [7, 11) is -1.34. The molecule has 1 aromatic heterocycles. The zero-order valence-corrected chi connectivity index (χ0v) is 16.4. The van der Waals surface area contributed by atoms with E-state index in [0.29, 0.717) is 5.92 Å². The molecule has 1 aliphatic carbocycles. The molecule has 1 aliphatic rings. The Morgan fingerprint density at radius 2 is 1.78 bits per heavy atom. The van der Waals surface area contributed by atoms with Crippen LogP contribution in [-0.2, 0) is 0 Å². The molecule has 1 saturated carbocycles. The Hall–Kier alpha value is -1.14. The van der Waals surface area contributed by atoms with Gasteiger partial charge in [-0.15, -0.1) is 10.6 Å². The van der Waals surface area contributed by atoms with Crippen molar-refractivity contribution in [1.29, 1.82) is 0 Å². The van der Waals surface area contributed by atoms with E-state index in [0.717, 1.165) is 11.6 Å². The van der Waals surface area contributed by atoms with Crippen LogP contribution in [0, 0.1) is 17.4 Å². The van der Waals surface area contributed by atoms with E-state index in [1.807, 2.05) is 0 Å². The zero-order chi connectivity index (χ0) is 16.7. The minimum absolute atomic E-state index is 0.615. The minimum atomic E-state index is -1.34. The lowest BCUT2D eigenvalue weighted by Crippen LogP contribution is -2.16. The molecule has 1 aromatic rings. The summed E-state index contributed by atoms with van der Waals surface area (Å²) in [6.45, 7) is 9.04. The normalized spacial score (nSPS) is 21.6. The van der Waals surface area contributed by atoms with Gasteiger partial charge in [0, 0.05) is 5.92 Å². The van der Waals surface area contributed by atoms with E-state index in [1.54, 1.807) is 0 Å². The van der Waals surface area contributed by atoms with Crippen LogP contribution < -0.4 is 0 Å². The molecule has 2 nitrogen and oxygen atoms in total. The van der Waals surface area contributed by atoms with Crippen molar-refractivity contribution in [3.05, 3.63) is 23.5 Å². The van der Waals surface area contributed by atoms with Gasteiger partial charge in [-0.05, 0) is 43.7 Å². The van der Waals surface area contributed by atoms with Crippen molar-refractivity contribution in [2.75, 3.05) is 0 Å². The predicted octanol–water partition coefficient (Wildman–Crippen LogP) is 5.56. The molecule has 0 atom stereocenters. The molecule has 2 rings (SSSR count). The first kappa shape index (κ1) is 18.2. The van der Waals surface area contributed by atoms with E-state index in [1.165, 1.54) is 57.1 Å². The molecule has 0 unspecified atom stereocenters. The molecule has 1 heterocycles. The molecular formula is C20H32N2Si. The van der Waals surface area contributed by atoms with Gasteiger partial charge in [0.15, 0.2) is 0 Å². The first-order valence-corrected chi connectivity index (χ1v) is 12.8. The Morgan fingerprint density at radius 3 is 2.35 bits per heavy atom. The molecule has 0 spiro atoms. The van der Waals surface area contributed by atoms with Gasteiger partial charge < -0.3 is 0 Å². The highest BCUT2D eigenvalue weighted by molar-refractivity contribution is 6.83. The van der Waals surface area contributed by atoms with Gasteiger partial charge in [0.25, 0.3) is 0 Å². The van der Waals surface area contributed by atoms with E-state index in [4.69, 9.17) is 0 Å². The maximum Gasteiger partial charge on any atom is 0.135 e. The summed E-state index contributed by atoms with van der Waals surface area (Å²) in [6, 6.07) is 4.21. The van der Waals surface area contributed by atoms with Crippen LogP contribution in [0.3, 0.4) is 0 Å². The number of aromatic nitrogens is 2. The molecule has 1 fully saturated rings. The second kappa shape index (κ2) is 8.64. The fourth-order valence-electron chi connectivity index (χ4n) is 3.31. The van der Waals surface area contributed by atoms with Gasteiger partial charge in [0.1, 0.15) is 13.8 Å². The molecule has 0 aliphatic heterocycles. The Bertz CT molecular complexity index is 525. The highest BCUT2D eigenvalue weighted by atomic mass is 28.3. The van der Waals surface area contributed by atoms with Crippen molar-refractivity contribution in [2.45, 2.75) is 83.8 Å². The van der Waals surface area contributed by atoms with E-state index in [9.17, 15) is 0 Å². The standard InChI is InChI=1S/C20H32N2Si/c1-5-6-7-8-17-9-11-18(12-10-17)20-14-13-19(21-22-20)15-16-23(2,3)4/h13-14,17-18H,5-12H2,1-4H3.